The molecule has 0 fully saturated rings. The van der Waals surface area contributed by atoms with Crippen molar-refractivity contribution in [3.05, 3.63) is 0 Å². The highest BCUT2D eigenvalue weighted by molar-refractivity contribution is 5.68. The van der Waals surface area contributed by atoms with E-state index in [4.69, 9.17) is 14.2 Å². The Labute approximate surface area is 121 Å². The van der Waals surface area contributed by atoms with Crippen molar-refractivity contribution in [3.63, 3.8) is 0 Å². The number of hydrogen-bond acceptors (Lipinski definition) is 9. The normalized spacial score (nSPS) is 10.2. The summed E-state index contributed by atoms with van der Waals surface area (Å²) in [7, 11) is 0. The molecule has 0 radical (unpaired) electrons. The van der Waals surface area contributed by atoms with E-state index in [2.05, 4.69) is 9.47 Å². The second kappa shape index (κ2) is 9.70. The van der Waals surface area contributed by atoms with Crippen molar-refractivity contribution in [1.82, 2.24) is 0 Å². The molecule has 0 aliphatic carbocycles. The predicted octanol–water partition coefficient (Wildman–Crippen LogP) is -0.0924. The zero-order valence-corrected chi connectivity index (χ0v) is 12.2. The third-order valence-corrected chi connectivity index (χ3v) is 1.77. The van der Waals surface area contributed by atoms with Gasteiger partial charge in [-0.1, -0.05) is 0 Å². The minimum absolute atomic E-state index is 0.276. The van der Waals surface area contributed by atoms with E-state index in [9.17, 15) is 19.2 Å². The first-order valence-electron chi connectivity index (χ1n) is 5.97. The fourth-order valence-electron chi connectivity index (χ4n) is 1.06. The lowest BCUT2D eigenvalue weighted by Crippen LogP contribution is -2.36. The van der Waals surface area contributed by atoms with E-state index in [1.807, 2.05) is 0 Å². The van der Waals surface area contributed by atoms with Gasteiger partial charge in [0, 0.05) is 27.7 Å². The topological polar surface area (TPSA) is 114 Å². The van der Waals surface area contributed by atoms with Crippen LogP contribution >= 0.6 is 0 Å². The molecule has 0 aromatic rings. The molecular formula is C12H18O9. The van der Waals surface area contributed by atoms with Crippen molar-refractivity contribution in [2.45, 2.75) is 40.3 Å². The molecule has 21 heavy (non-hydrogen) atoms. The largest absolute Gasteiger partial charge is 0.463 e. The Balaban J connectivity index is 4.66. The highest BCUT2D eigenvalue weighted by Crippen LogP contribution is 2.06. The van der Waals surface area contributed by atoms with Crippen LogP contribution in [0.1, 0.15) is 27.7 Å². The molecule has 9 heteroatoms. The van der Waals surface area contributed by atoms with E-state index in [1.165, 1.54) is 13.8 Å². The van der Waals surface area contributed by atoms with Crippen molar-refractivity contribution in [3.8, 4) is 0 Å². The molecule has 0 spiro atoms. The van der Waals surface area contributed by atoms with Crippen LogP contribution < -0.4 is 0 Å². The first kappa shape index (κ1) is 18.8. The zero-order chi connectivity index (χ0) is 16.4. The fraction of sp³-hybridized carbons (Fsp3) is 0.667. The monoisotopic (exact) mass is 306 g/mol. The summed E-state index contributed by atoms with van der Waals surface area (Å²) < 4.78 is 23.8. The summed E-state index contributed by atoms with van der Waals surface area (Å²) >= 11 is 0. The SMILES string of the molecule is CC(=O)OCC(COC(C)=O)OC(OC(C)=O)OC(C)=O. The van der Waals surface area contributed by atoms with Gasteiger partial charge < -0.3 is 18.9 Å². The first-order chi connectivity index (χ1) is 9.70. The molecule has 0 aromatic carbocycles. The Morgan fingerprint density at radius 1 is 0.714 bits per heavy atom. The van der Waals surface area contributed by atoms with Crippen LogP contribution in [0.3, 0.4) is 0 Å². The van der Waals surface area contributed by atoms with Crippen molar-refractivity contribution in [1.29, 1.82) is 0 Å². The van der Waals surface area contributed by atoms with Gasteiger partial charge in [-0.05, 0) is 0 Å². The summed E-state index contributed by atoms with van der Waals surface area (Å²) in [4.78, 5) is 43.3. The van der Waals surface area contributed by atoms with Gasteiger partial charge in [-0.15, -0.1) is 0 Å². The van der Waals surface area contributed by atoms with Gasteiger partial charge in [-0.2, -0.15) is 0 Å². The third kappa shape index (κ3) is 11.4. The number of esters is 4. The highest BCUT2D eigenvalue weighted by Gasteiger charge is 2.23. The van der Waals surface area contributed by atoms with E-state index in [1.54, 1.807) is 0 Å². The van der Waals surface area contributed by atoms with Crippen molar-refractivity contribution >= 4 is 23.9 Å². The molecule has 0 aliphatic heterocycles. The fourth-order valence-corrected chi connectivity index (χ4v) is 1.06. The number of ether oxygens (including phenoxy) is 5. The summed E-state index contributed by atoms with van der Waals surface area (Å²) in [6.07, 6.45) is -0.971. The van der Waals surface area contributed by atoms with Crippen molar-refractivity contribution in [2.24, 2.45) is 0 Å². The highest BCUT2D eigenvalue weighted by atomic mass is 16.9. The van der Waals surface area contributed by atoms with Crippen LogP contribution in [0.2, 0.25) is 0 Å². The smallest absolute Gasteiger partial charge is 0.365 e. The average molecular weight is 306 g/mol. The maximum atomic E-state index is 10.9. The number of rotatable bonds is 8. The molecule has 0 heterocycles. The summed E-state index contributed by atoms with van der Waals surface area (Å²) in [5, 5.41) is 0. The summed E-state index contributed by atoms with van der Waals surface area (Å²) in [5.41, 5.74) is 0. The second-order valence-electron chi connectivity index (χ2n) is 3.87. The Morgan fingerprint density at radius 3 is 1.38 bits per heavy atom. The van der Waals surface area contributed by atoms with Crippen LogP contribution in [0.5, 0.6) is 0 Å². The maximum Gasteiger partial charge on any atom is 0.365 e. The average Bonchev–Trinajstić information content (AvgIpc) is 2.30. The van der Waals surface area contributed by atoms with Crippen LogP contribution in [0, 0.1) is 0 Å². The van der Waals surface area contributed by atoms with E-state index in [0.29, 0.717) is 0 Å². The summed E-state index contributed by atoms with van der Waals surface area (Å²) in [5.74, 6) is -2.66. The molecule has 0 rings (SSSR count). The Bertz CT molecular complexity index is 356. The molecule has 0 saturated carbocycles. The molecular weight excluding hydrogens is 288 g/mol. The van der Waals surface area contributed by atoms with Gasteiger partial charge in [-0.25, -0.2) is 0 Å². The van der Waals surface area contributed by atoms with Gasteiger partial charge in [-0.3, -0.25) is 23.9 Å². The van der Waals surface area contributed by atoms with Gasteiger partial charge >= 0.3 is 30.4 Å². The molecule has 0 unspecified atom stereocenters. The molecule has 0 N–H and O–H groups in total. The van der Waals surface area contributed by atoms with Crippen LogP contribution in [0.15, 0.2) is 0 Å². The quantitative estimate of drug-likeness (QED) is 0.344. The summed E-state index contributed by atoms with van der Waals surface area (Å²) in [6, 6.07) is 0. The third-order valence-electron chi connectivity index (χ3n) is 1.77. The minimum Gasteiger partial charge on any atom is -0.463 e. The van der Waals surface area contributed by atoms with E-state index in [-0.39, 0.29) is 13.2 Å². The lowest BCUT2D eigenvalue weighted by molar-refractivity contribution is -0.285. The van der Waals surface area contributed by atoms with Crippen molar-refractivity contribution < 1.29 is 42.9 Å². The molecule has 0 atom stereocenters. The van der Waals surface area contributed by atoms with Gasteiger partial charge in [0.1, 0.15) is 19.3 Å². The Hall–Kier alpha value is -2.16. The van der Waals surface area contributed by atoms with Gasteiger partial charge in [0.15, 0.2) is 0 Å². The molecule has 0 aliphatic rings. The number of carbonyl (C=O) groups is 4. The first-order valence-corrected chi connectivity index (χ1v) is 5.97. The number of carbonyl (C=O) groups excluding carboxylic acids is 4. The lowest BCUT2D eigenvalue weighted by Gasteiger charge is -2.22. The Kier molecular flexibility index (Phi) is 8.70. The molecule has 0 bridgehead atoms. The predicted molar refractivity (Wildman–Crippen MR) is 65.5 cm³/mol. The zero-order valence-electron chi connectivity index (χ0n) is 12.2. The van der Waals surface area contributed by atoms with Crippen LogP contribution in [-0.4, -0.2) is 49.7 Å². The molecule has 0 amide bonds. The van der Waals surface area contributed by atoms with Crippen LogP contribution in [0.25, 0.3) is 0 Å². The van der Waals surface area contributed by atoms with Gasteiger partial charge in [0.2, 0.25) is 0 Å². The van der Waals surface area contributed by atoms with Crippen LogP contribution in [-0.2, 0) is 42.9 Å². The van der Waals surface area contributed by atoms with Gasteiger partial charge in [0.05, 0.1) is 0 Å². The maximum absolute atomic E-state index is 10.9. The van der Waals surface area contributed by atoms with E-state index in [0.717, 1.165) is 13.8 Å². The standard InChI is InChI=1S/C12H18O9/c1-7(13)17-5-11(6-18-8(2)14)21-12(19-9(3)15)20-10(4)16/h11-12H,5-6H2,1-4H3. The lowest BCUT2D eigenvalue weighted by atomic mass is 10.4. The number of hydrogen-bond donors (Lipinski definition) is 0. The minimum atomic E-state index is -1.63. The Morgan fingerprint density at radius 2 is 1.10 bits per heavy atom. The van der Waals surface area contributed by atoms with Gasteiger partial charge in [0.25, 0.3) is 0 Å². The molecule has 120 valence electrons. The summed E-state index contributed by atoms with van der Waals surface area (Å²) in [6.45, 7) is 2.36. The second-order valence-corrected chi connectivity index (χ2v) is 3.87. The molecule has 9 nitrogen and oxygen atoms in total. The van der Waals surface area contributed by atoms with E-state index < -0.39 is 36.5 Å². The van der Waals surface area contributed by atoms with E-state index >= 15 is 0 Å². The molecule has 0 saturated heterocycles. The molecule has 0 aromatic heterocycles. The van der Waals surface area contributed by atoms with Crippen LogP contribution in [0.4, 0.5) is 0 Å². The van der Waals surface area contributed by atoms with Crippen molar-refractivity contribution in [2.75, 3.05) is 13.2 Å².